The number of thiazole rings is 1. The number of halogens is 1. The van der Waals surface area contributed by atoms with Gasteiger partial charge < -0.3 is 31.5 Å². The van der Waals surface area contributed by atoms with Gasteiger partial charge in [-0.1, -0.05) is 11.6 Å². The van der Waals surface area contributed by atoms with E-state index in [0.717, 1.165) is 28.6 Å². The zero-order chi connectivity index (χ0) is 21.3. The van der Waals surface area contributed by atoms with Gasteiger partial charge >= 0.3 is 12.1 Å². The molecule has 2 saturated heterocycles. The number of carbonyl (C=O) groups excluding carboxylic acids is 3. The number of carbonyl (C=O) groups is 4. The van der Waals surface area contributed by atoms with Gasteiger partial charge in [-0.25, -0.2) is 9.78 Å². The number of anilines is 1. The predicted octanol–water partition coefficient (Wildman–Crippen LogP) is -0.129. The lowest BCUT2D eigenvalue weighted by molar-refractivity contribution is -0.160. The van der Waals surface area contributed by atoms with Crippen molar-refractivity contribution in [3.63, 3.8) is 0 Å². The molecule has 2 aliphatic rings. The van der Waals surface area contributed by atoms with Crippen LogP contribution < -0.4 is 16.8 Å². The first-order valence-electron chi connectivity index (χ1n) is 8.09. The molecule has 29 heavy (non-hydrogen) atoms. The first-order chi connectivity index (χ1) is 13.7. The number of ether oxygens (including phenoxy) is 1. The number of hydrogen-bond acceptors (Lipinski definition) is 9. The topological polar surface area (TPSA) is 178 Å². The number of aliphatic carboxylic acids is 1. The molecule has 0 aromatic carbocycles. The van der Waals surface area contributed by atoms with Gasteiger partial charge in [0.25, 0.3) is 5.91 Å². The number of thioether (sulfide) groups is 1. The average molecular weight is 462 g/mol. The van der Waals surface area contributed by atoms with Crippen LogP contribution in [-0.2, 0) is 19.1 Å². The van der Waals surface area contributed by atoms with Gasteiger partial charge in [0.15, 0.2) is 5.13 Å². The maximum absolute atomic E-state index is 12.5. The van der Waals surface area contributed by atoms with Gasteiger partial charge in [-0.2, -0.15) is 0 Å². The van der Waals surface area contributed by atoms with Gasteiger partial charge in [0, 0.05) is 23.2 Å². The third kappa shape index (κ3) is 3.97. The standard InChI is InChI=1S/C15H16ClN5O6S2/c16-1-6(7-2-28-13(17)19-7)9(22)20-8-10(23)21-3-15(12(24)25,4-27-14(18)26)5-29-11(8)21/h1-2,8,11H,3-5H2,(H2,17,19)(H2,18,26)(H,20,22)(H,24,25)/t8?,11-,15?/m1/s1. The lowest BCUT2D eigenvalue weighted by atomic mass is 9.88. The molecule has 2 unspecified atom stereocenters. The second-order valence-corrected chi connectivity index (χ2v) is 8.62. The van der Waals surface area contributed by atoms with Gasteiger partial charge in [0.1, 0.15) is 23.4 Å². The number of β-lactam (4-membered cyclic amide) rings is 1. The quantitative estimate of drug-likeness (QED) is 0.331. The number of primary amides is 1. The summed E-state index contributed by atoms with van der Waals surface area (Å²) < 4.78 is 4.68. The zero-order valence-electron chi connectivity index (χ0n) is 14.7. The molecule has 0 spiro atoms. The molecular formula is C15H16ClN5O6S2. The zero-order valence-corrected chi connectivity index (χ0v) is 17.1. The van der Waals surface area contributed by atoms with Crippen LogP contribution in [-0.4, -0.2) is 69.2 Å². The molecule has 2 aliphatic heterocycles. The fourth-order valence-electron chi connectivity index (χ4n) is 2.97. The molecule has 14 heteroatoms. The van der Waals surface area contributed by atoms with Crippen molar-refractivity contribution in [3.8, 4) is 0 Å². The maximum atomic E-state index is 12.5. The van der Waals surface area contributed by atoms with Gasteiger partial charge in [-0.05, 0) is 0 Å². The maximum Gasteiger partial charge on any atom is 0.404 e. The Bertz CT molecular complexity index is 908. The van der Waals surface area contributed by atoms with E-state index in [9.17, 15) is 24.3 Å². The third-order valence-electron chi connectivity index (χ3n) is 4.53. The summed E-state index contributed by atoms with van der Waals surface area (Å²) in [6.45, 7) is -0.623. The molecule has 1 aromatic heterocycles. The SMILES string of the molecule is NC(=O)OCC1(C(=O)O)CS[C@@H]2C(NC(=O)C(=CCl)c3csc(N)n3)C(=O)N2C1. The van der Waals surface area contributed by atoms with E-state index in [0.29, 0.717) is 0 Å². The monoisotopic (exact) mass is 461 g/mol. The van der Waals surface area contributed by atoms with E-state index < -0.39 is 47.3 Å². The lowest BCUT2D eigenvalue weighted by Crippen LogP contribution is -2.74. The number of nitrogens with zero attached hydrogens (tertiary/aromatic N) is 2. The van der Waals surface area contributed by atoms with Crippen molar-refractivity contribution in [3.05, 3.63) is 16.6 Å². The summed E-state index contributed by atoms with van der Waals surface area (Å²) in [4.78, 5) is 53.0. The van der Waals surface area contributed by atoms with Crippen LogP contribution in [0.1, 0.15) is 5.69 Å². The second-order valence-electron chi connectivity index (χ2n) is 6.41. The van der Waals surface area contributed by atoms with E-state index in [-0.39, 0.29) is 28.7 Å². The number of hydrogen-bond donors (Lipinski definition) is 4. The van der Waals surface area contributed by atoms with E-state index in [4.69, 9.17) is 23.1 Å². The van der Waals surface area contributed by atoms with Crippen LogP contribution in [0.25, 0.3) is 5.57 Å². The molecule has 11 nitrogen and oxygen atoms in total. The summed E-state index contributed by atoms with van der Waals surface area (Å²) >= 11 is 8.04. The van der Waals surface area contributed by atoms with Crippen LogP contribution >= 0.6 is 34.7 Å². The molecule has 3 atom stereocenters. The molecular weight excluding hydrogens is 446 g/mol. The van der Waals surface area contributed by atoms with E-state index in [1.807, 2.05) is 0 Å². The highest BCUT2D eigenvalue weighted by molar-refractivity contribution is 8.00. The van der Waals surface area contributed by atoms with Crippen molar-refractivity contribution in [2.75, 3.05) is 24.6 Å². The highest BCUT2D eigenvalue weighted by Gasteiger charge is 2.58. The summed E-state index contributed by atoms with van der Waals surface area (Å²) in [5.74, 6) is -2.20. The third-order valence-corrected chi connectivity index (χ3v) is 7.01. The van der Waals surface area contributed by atoms with Crippen molar-refractivity contribution < 1.29 is 29.0 Å². The second kappa shape index (κ2) is 8.08. The number of carboxylic acid groups (broad SMARTS) is 1. The molecule has 1 aromatic rings. The Labute approximate surface area is 177 Å². The predicted molar refractivity (Wildman–Crippen MR) is 106 cm³/mol. The molecule has 0 aliphatic carbocycles. The summed E-state index contributed by atoms with van der Waals surface area (Å²) in [6.07, 6.45) is -1.10. The minimum absolute atomic E-state index is 0.0569. The van der Waals surface area contributed by atoms with Crippen LogP contribution in [0.2, 0.25) is 0 Å². The van der Waals surface area contributed by atoms with Crippen LogP contribution in [0.3, 0.4) is 0 Å². The average Bonchev–Trinajstić information content (AvgIpc) is 3.10. The Morgan fingerprint density at radius 3 is 2.79 bits per heavy atom. The number of aromatic nitrogens is 1. The number of nitrogens with one attached hydrogen (secondary N) is 1. The molecule has 3 heterocycles. The molecule has 3 rings (SSSR count). The normalized spacial score (nSPS) is 26.3. The summed E-state index contributed by atoms with van der Waals surface area (Å²) in [7, 11) is 0. The van der Waals surface area contributed by atoms with Gasteiger partial charge in [0.05, 0.1) is 11.3 Å². The van der Waals surface area contributed by atoms with Crippen molar-refractivity contribution in [2.45, 2.75) is 11.4 Å². The van der Waals surface area contributed by atoms with E-state index >= 15 is 0 Å². The van der Waals surface area contributed by atoms with Crippen LogP contribution in [0.4, 0.5) is 9.93 Å². The Balaban J connectivity index is 1.67. The van der Waals surface area contributed by atoms with Crippen molar-refractivity contribution >= 4 is 69.3 Å². The van der Waals surface area contributed by atoms with Crippen molar-refractivity contribution in [1.29, 1.82) is 0 Å². The van der Waals surface area contributed by atoms with E-state index in [1.165, 1.54) is 4.90 Å². The van der Waals surface area contributed by atoms with Gasteiger partial charge in [0.2, 0.25) is 5.91 Å². The Morgan fingerprint density at radius 1 is 1.52 bits per heavy atom. The smallest absolute Gasteiger partial charge is 0.404 e. The van der Waals surface area contributed by atoms with E-state index in [2.05, 4.69) is 15.0 Å². The number of amides is 3. The van der Waals surface area contributed by atoms with Gasteiger partial charge in [-0.3, -0.25) is 14.4 Å². The molecule has 3 amide bonds. The van der Waals surface area contributed by atoms with Crippen LogP contribution in [0, 0.1) is 5.41 Å². The minimum atomic E-state index is -1.47. The number of carboxylic acids is 1. The van der Waals surface area contributed by atoms with Crippen molar-refractivity contribution in [1.82, 2.24) is 15.2 Å². The molecule has 2 fully saturated rings. The fraction of sp³-hybridized carbons (Fsp3) is 0.400. The van der Waals surface area contributed by atoms with Crippen LogP contribution in [0.5, 0.6) is 0 Å². The Kier molecular flexibility index (Phi) is 5.91. The minimum Gasteiger partial charge on any atom is -0.481 e. The molecule has 0 bridgehead atoms. The Morgan fingerprint density at radius 2 is 2.24 bits per heavy atom. The van der Waals surface area contributed by atoms with E-state index in [1.54, 1.807) is 5.38 Å². The van der Waals surface area contributed by atoms with Crippen molar-refractivity contribution in [2.24, 2.45) is 11.1 Å². The number of nitrogen functional groups attached to an aromatic ring is 1. The first kappa shape index (κ1) is 21.2. The highest BCUT2D eigenvalue weighted by atomic mass is 35.5. The number of nitrogens with two attached hydrogens (primary N) is 2. The lowest BCUT2D eigenvalue weighted by Gasteiger charge is -2.53. The molecule has 156 valence electrons. The van der Waals surface area contributed by atoms with Crippen LogP contribution in [0.15, 0.2) is 10.9 Å². The summed E-state index contributed by atoms with van der Waals surface area (Å²) in [5.41, 5.74) is 10.4. The largest absolute Gasteiger partial charge is 0.481 e. The highest BCUT2D eigenvalue weighted by Crippen LogP contribution is 2.42. The Hall–Kier alpha value is -2.51. The summed E-state index contributed by atoms with van der Waals surface area (Å²) in [5, 5.41) is 13.5. The number of fused-ring (bicyclic) bond motifs is 1. The van der Waals surface area contributed by atoms with Gasteiger partial charge in [-0.15, -0.1) is 23.1 Å². The molecule has 6 N–H and O–H groups in total. The molecule has 0 saturated carbocycles. The number of rotatable bonds is 6. The first-order valence-corrected chi connectivity index (χ1v) is 10.5. The molecule has 0 radical (unpaired) electrons. The fourth-order valence-corrected chi connectivity index (χ4v) is 5.26. The summed E-state index contributed by atoms with van der Waals surface area (Å²) in [6, 6.07) is -0.848.